The molecule has 112 valence electrons. The van der Waals surface area contributed by atoms with Gasteiger partial charge >= 0.3 is 0 Å². The number of rotatable bonds is 3. The summed E-state index contributed by atoms with van der Waals surface area (Å²) in [7, 11) is 0. The van der Waals surface area contributed by atoms with Gasteiger partial charge in [0.05, 0.1) is 12.5 Å². The van der Waals surface area contributed by atoms with E-state index in [-0.39, 0.29) is 11.9 Å². The molecule has 1 aliphatic heterocycles. The fraction of sp³-hybridized carbons (Fsp3) is 0.500. The van der Waals surface area contributed by atoms with Crippen molar-refractivity contribution in [3.05, 3.63) is 41.9 Å². The van der Waals surface area contributed by atoms with Crippen LogP contribution in [0.15, 0.2) is 28.9 Å². The Morgan fingerprint density at radius 1 is 1.43 bits per heavy atom. The van der Waals surface area contributed by atoms with E-state index in [1.165, 1.54) is 6.42 Å². The molecular formula is C16H21N3O2. The molecule has 0 aromatic carbocycles. The number of aromatic amines is 1. The minimum Gasteiger partial charge on any atom is -0.464 e. The third-order valence-corrected chi connectivity index (χ3v) is 4.04. The van der Waals surface area contributed by atoms with Crippen molar-refractivity contribution in [2.45, 2.75) is 45.1 Å². The van der Waals surface area contributed by atoms with E-state index in [4.69, 9.17) is 4.42 Å². The minimum atomic E-state index is 0.0589. The van der Waals surface area contributed by atoms with Gasteiger partial charge in [-0.3, -0.25) is 4.79 Å². The highest BCUT2D eigenvalue weighted by Gasteiger charge is 2.29. The molecule has 3 heterocycles. The second-order valence-electron chi connectivity index (χ2n) is 5.61. The van der Waals surface area contributed by atoms with Gasteiger partial charge < -0.3 is 14.3 Å². The number of carbonyl (C=O) groups excluding carboxylic acids is 1. The van der Waals surface area contributed by atoms with Gasteiger partial charge in [0.15, 0.2) is 0 Å². The molecule has 0 saturated carbocycles. The van der Waals surface area contributed by atoms with E-state index in [9.17, 15) is 4.79 Å². The first-order valence-corrected chi connectivity index (χ1v) is 7.58. The molecule has 1 atom stereocenters. The first-order chi connectivity index (χ1) is 10.2. The zero-order valence-corrected chi connectivity index (χ0v) is 12.3. The van der Waals surface area contributed by atoms with Crippen LogP contribution in [0.5, 0.6) is 0 Å². The Hall–Kier alpha value is -2.04. The van der Waals surface area contributed by atoms with E-state index in [1.807, 2.05) is 24.0 Å². The van der Waals surface area contributed by atoms with E-state index in [0.29, 0.717) is 6.42 Å². The Morgan fingerprint density at radius 3 is 3.05 bits per heavy atom. The molecule has 2 aromatic heterocycles. The van der Waals surface area contributed by atoms with Crippen LogP contribution >= 0.6 is 0 Å². The molecule has 3 rings (SSSR count). The summed E-state index contributed by atoms with van der Waals surface area (Å²) in [5.41, 5.74) is 0. The molecule has 0 aliphatic carbocycles. The molecule has 1 aliphatic rings. The lowest BCUT2D eigenvalue weighted by molar-refractivity contribution is -0.133. The van der Waals surface area contributed by atoms with Crippen LogP contribution in [-0.2, 0) is 11.2 Å². The molecule has 0 radical (unpaired) electrons. The third-order valence-electron chi connectivity index (χ3n) is 4.04. The van der Waals surface area contributed by atoms with Gasteiger partial charge in [0.25, 0.3) is 0 Å². The van der Waals surface area contributed by atoms with Crippen molar-refractivity contribution in [3.63, 3.8) is 0 Å². The molecule has 1 unspecified atom stereocenters. The van der Waals surface area contributed by atoms with Crippen molar-refractivity contribution in [3.8, 4) is 0 Å². The molecule has 0 bridgehead atoms. The average molecular weight is 287 g/mol. The van der Waals surface area contributed by atoms with Gasteiger partial charge in [-0.25, -0.2) is 4.98 Å². The van der Waals surface area contributed by atoms with E-state index >= 15 is 0 Å². The second kappa shape index (κ2) is 6.16. The van der Waals surface area contributed by atoms with Crippen molar-refractivity contribution in [1.29, 1.82) is 0 Å². The predicted octanol–water partition coefficient (Wildman–Crippen LogP) is 3.00. The van der Waals surface area contributed by atoms with Crippen LogP contribution < -0.4 is 0 Å². The first kappa shape index (κ1) is 13.9. The number of nitrogens with zero attached hydrogens (tertiary/aromatic N) is 2. The molecule has 2 aromatic rings. The van der Waals surface area contributed by atoms with Crippen molar-refractivity contribution >= 4 is 5.91 Å². The predicted molar refractivity (Wildman–Crippen MR) is 78.7 cm³/mol. The Morgan fingerprint density at radius 2 is 2.33 bits per heavy atom. The van der Waals surface area contributed by atoms with E-state index in [0.717, 1.165) is 43.2 Å². The minimum absolute atomic E-state index is 0.0589. The molecule has 5 nitrogen and oxygen atoms in total. The Bertz CT molecular complexity index is 588. The Kier molecular flexibility index (Phi) is 4.08. The number of furan rings is 1. The van der Waals surface area contributed by atoms with Gasteiger partial charge in [-0.15, -0.1) is 0 Å². The van der Waals surface area contributed by atoms with Crippen molar-refractivity contribution in [1.82, 2.24) is 14.9 Å². The lowest BCUT2D eigenvalue weighted by Gasteiger charge is -2.28. The Labute approximate surface area is 124 Å². The lowest BCUT2D eigenvalue weighted by Crippen LogP contribution is -2.36. The van der Waals surface area contributed by atoms with Gasteiger partial charge in [-0.1, -0.05) is 12.8 Å². The summed E-state index contributed by atoms with van der Waals surface area (Å²) >= 11 is 0. The second-order valence-corrected chi connectivity index (χ2v) is 5.61. The van der Waals surface area contributed by atoms with Crippen LogP contribution in [0.2, 0.25) is 0 Å². The summed E-state index contributed by atoms with van der Waals surface area (Å²) in [6, 6.07) is 4.03. The highest BCUT2D eigenvalue weighted by Crippen LogP contribution is 2.31. The monoisotopic (exact) mass is 287 g/mol. The number of nitrogens with one attached hydrogen (secondary N) is 1. The number of likely N-dealkylation sites (tertiary alicyclic amines) is 1. The van der Waals surface area contributed by atoms with Gasteiger partial charge in [0, 0.05) is 18.9 Å². The number of imidazole rings is 1. The maximum Gasteiger partial charge on any atom is 0.230 e. The van der Waals surface area contributed by atoms with Crippen LogP contribution in [0.4, 0.5) is 0 Å². The average Bonchev–Trinajstić information content (AvgIpc) is 3.05. The van der Waals surface area contributed by atoms with Crippen molar-refractivity contribution in [2.24, 2.45) is 0 Å². The topological polar surface area (TPSA) is 62.1 Å². The van der Waals surface area contributed by atoms with Crippen LogP contribution in [0.3, 0.4) is 0 Å². The molecule has 1 fully saturated rings. The third kappa shape index (κ3) is 3.17. The van der Waals surface area contributed by atoms with Crippen LogP contribution in [-0.4, -0.2) is 27.3 Å². The SMILES string of the molecule is Cc1ccc(C2CCCCCN2C(=O)Cc2ncc[nH]2)o1. The van der Waals surface area contributed by atoms with Crippen LogP contribution in [0, 0.1) is 6.92 Å². The molecule has 1 amide bonds. The maximum atomic E-state index is 12.6. The fourth-order valence-electron chi connectivity index (χ4n) is 2.97. The number of hydrogen-bond donors (Lipinski definition) is 1. The summed E-state index contributed by atoms with van der Waals surface area (Å²) in [6.07, 6.45) is 8.08. The zero-order valence-electron chi connectivity index (χ0n) is 12.3. The summed E-state index contributed by atoms with van der Waals surface area (Å²) in [5.74, 6) is 2.64. The molecule has 5 heteroatoms. The number of H-pyrrole nitrogens is 1. The van der Waals surface area contributed by atoms with E-state index < -0.39 is 0 Å². The van der Waals surface area contributed by atoms with E-state index in [1.54, 1.807) is 12.4 Å². The van der Waals surface area contributed by atoms with Gasteiger partial charge in [-0.2, -0.15) is 0 Å². The summed E-state index contributed by atoms with van der Waals surface area (Å²) < 4.78 is 5.78. The number of aryl methyl sites for hydroxylation is 1. The summed E-state index contributed by atoms with van der Waals surface area (Å²) in [4.78, 5) is 21.7. The van der Waals surface area contributed by atoms with E-state index in [2.05, 4.69) is 9.97 Å². The highest BCUT2D eigenvalue weighted by molar-refractivity contribution is 5.78. The quantitative estimate of drug-likeness (QED) is 0.944. The number of aromatic nitrogens is 2. The van der Waals surface area contributed by atoms with Crippen LogP contribution in [0.1, 0.15) is 49.1 Å². The summed E-state index contributed by atoms with van der Waals surface area (Å²) in [5, 5.41) is 0. The van der Waals surface area contributed by atoms with Gasteiger partial charge in [0.1, 0.15) is 17.3 Å². The lowest BCUT2D eigenvalue weighted by atomic mass is 10.1. The highest BCUT2D eigenvalue weighted by atomic mass is 16.3. The number of carbonyl (C=O) groups is 1. The molecule has 1 N–H and O–H groups in total. The van der Waals surface area contributed by atoms with Gasteiger partial charge in [0.2, 0.25) is 5.91 Å². The standard InChI is InChI=1S/C16H21N3O2/c1-12-6-7-14(21-12)13-5-3-2-4-10-19(13)16(20)11-15-17-8-9-18-15/h6-9,13H,2-5,10-11H2,1H3,(H,17,18). The summed E-state index contributed by atoms with van der Waals surface area (Å²) in [6.45, 7) is 2.74. The first-order valence-electron chi connectivity index (χ1n) is 7.58. The zero-order chi connectivity index (χ0) is 14.7. The van der Waals surface area contributed by atoms with Crippen LogP contribution in [0.25, 0.3) is 0 Å². The largest absolute Gasteiger partial charge is 0.464 e. The molecule has 1 saturated heterocycles. The molecular weight excluding hydrogens is 266 g/mol. The maximum absolute atomic E-state index is 12.6. The number of amides is 1. The van der Waals surface area contributed by atoms with Gasteiger partial charge in [-0.05, 0) is 31.9 Å². The normalized spacial score (nSPS) is 19.5. The van der Waals surface area contributed by atoms with Crippen molar-refractivity contribution in [2.75, 3.05) is 6.54 Å². The fourth-order valence-corrected chi connectivity index (χ4v) is 2.97. The Balaban J connectivity index is 1.79. The smallest absolute Gasteiger partial charge is 0.230 e. The van der Waals surface area contributed by atoms with Crippen molar-refractivity contribution < 1.29 is 9.21 Å². The molecule has 21 heavy (non-hydrogen) atoms. The molecule has 0 spiro atoms. The number of hydrogen-bond acceptors (Lipinski definition) is 3.